The molecule has 8 heteroatoms. The largest absolute Gasteiger partial charge is 0.494 e. The Labute approximate surface area is 191 Å². The molecular formula is C24H24N4O3S. The van der Waals surface area contributed by atoms with Crippen molar-refractivity contribution in [1.82, 2.24) is 4.98 Å². The van der Waals surface area contributed by atoms with E-state index in [4.69, 9.17) is 9.47 Å². The topological polar surface area (TPSA) is 87.5 Å². The number of morpholine rings is 1. The number of thioether (sulfide) groups is 1. The maximum Gasteiger partial charge on any atom is 0.234 e. The molecule has 0 spiro atoms. The number of nitriles is 1. The molecule has 1 saturated heterocycles. The Morgan fingerprint density at radius 2 is 2.00 bits per heavy atom. The maximum atomic E-state index is 12.5. The Morgan fingerprint density at radius 1 is 1.22 bits per heavy atom. The van der Waals surface area contributed by atoms with Crippen LogP contribution in [0.4, 0.5) is 11.4 Å². The third-order valence-corrected chi connectivity index (χ3v) is 6.04. The molecule has 1 aliphatic rings. The van der Waals surface area contributed by atoms with Gasteiger partial charge in [0.2, 0.25) is 5.91 Å². The quantitative estimate of drug-likeness (QED) is 0.545. The molecule has 2 aromatic carbocycles. The third kappa shape index (κ3) is 5.31. The molecule has 7 nitrogen and oxygen atoms in total. The van der Waals surface area contributed by atoms with E-state index < -0.39 is 0 Å². The van der Waals surface area contributed by atoms with Crippen LogP contribution >= 0.6 is 11.8 Å². The van der Waals surface area contributed by atoms with Gasteiger partial charge in [-0.05, 0) is 49.4 Å². The first-order valence-corrected chi connectivity index (χ1v) is 11.5. The lowest BCUT2D eigenvalue weighted by Crippen LogP contribution is -2.36. The van der Waals surface area contributed by atoms with Crippen molar-refractivity contribution in [2.24, 2.45) is 0 Å². The number of ether oxygens (including phenoxy) is 2. The number of carbonyl (C=O) groups is 1. The van der Waals surface area contributed by atoms with Gasteiger partial charge in [-0.1, -0.05) is 11.8 Å². The van der Waals surface area contributed by atoms with Crippen LogP contribution in [0.25, 0.3) is 10.9 Å². The molecule has 1 aromatic heterocycles. The molecule has 0 aliphatic carbocycles. The summed E-state index contributed by atoms with van der Waals surface area (Å²) in [4.78, 5) is 19.3. The number of rotatable bonds is 7. The summed E-state index contributed by atoms with van der Waals surface area (Å²) < 4.78 is 10.9. The number of nitrogens with one attached hydrogen (secondary N) is 1. The molecule has 1 aliphatic heterocycles. The van der Waals surface area contributed by atoms with Gasteiger partial charge < -0.3 is 19.7 Å². The summed E-state index contributed by atoms with van der Waals surface area (Å²) >= 11 is 1.25. The van der Waals surface area contributed by atoms with Crippen molar-refractivity contribution in [3.8, 4) is 11.8 Å². The van der Waals surface area contributed by atoms with Crippen LogP contribution in [0.1, 0.15) is 12.5 Å². The van der Waals surface area contributed by atoms with Crippen LogP contribution in [0.15, 0.2) is 53.6 Å². The van der Waals surface area contributed by atoms with Gasteiger partial charge in [-0.25, -0.2) is 4.98 Å². The number of amides is 1. The van der Waals surface area contributed by atoms with Gasteiger partial charge in [-0.2, -0.15) is 5.26 Å². The van der Waals surface area contributed by atoms with Crippen molar-refractivity contribution in [3.05, 3.63) is 54.1 Å². The van der Waals surface area contributed by atoms with Gasteiger partial charge in [0.05, 0.1) is 36.7 Å². The summed E-state index contributed by atoms with van der Waals surface area (Å²) in [5.74, 6) is 0.734. The average Bonchev–Trinajstić information content (AvgIpc) is 2.83. The maximum absolute atomic E-state index is 12.5. The molecule has 0 unspecified atom stereocenters. The van der Waals surface area contributed by atoms with Gasteiger partial charge in [-0.3, -0.25) is 4.79 Å². The summed E-state index contributed by atoms with van der Waals surface area (Å²) in [5, 5.41) is 13.8. The van der Waals surface area contributed by atoms with E-state index in [2.05, 4.69) is 21.3 Å². The van der Waals surface area contributed by atoms with Gasteiger partial charge in [0, 0.05) is 35.9 Å². The molecule has 1 fully saturated rings. The fourth-order valence-corrected chi connectivity index (χ4v) is 4.25. The van der Waals surface area contributed by atoms with Gasteiger partial charge in [0.25, 0.3) is 0 Å². The second-order valence-corrected chi connectivity index (χ2v) is 8.19. The van der Waals surface area contributed by atoms with Gasteiger partial charge >= 0.3 is 0 Å². The Balaban J connectivity index is 1.40. The van der Waals surface area contributed by atoms with Crippen molar-refractivity contribution in [1.29, 1.82) is 5.26 Å². The zero-order valence-electron chi connectivity index (χ0n) is 17.8. The van der Waals surface area contributed by atoms with Crippen molar-refractivity contribution < 1.29 is 14.3 Å². The second-order valence-electron chi connectivity index (χ2n) is 7.22. The van der Waals surface area contributed by atoms with Crippen molar-refractivity contribution in [3.63, 3.8) is 0 Å². The highest BCUT2D eigenvalue weighted by atomic mass is 32.2. The third-order valence-electron chi connectivity index (χ3n) is 5.05. The minimum atomic E-state index is -0.150. The van der Waals surface area contributed by atoms with Crippen LogP contribution in [-0.4, -0.2) is 49.6 Å². The zero-order valence-corrected chi connectivity index (χ0v) is 18.7. The van der Waals surface area contributed by atoms with E-state index in [0.717, 1.165) is 54.3 Å². The first-order valence-electron chi connectivity index (χ1n) is 10.5. The second kappa shape index (κ2) is 10.4. The number of hydrogen-bond donors (Lipinski definition) is 1. The molecule has 4 rings (SSSR count). The van der Waals surface area contributed by atoms with Crippen molar-refractivity contribution in [2.45, 2.75) is 11.9 Å². The molecule has 164 valence electrons. The summed E-state index contributed by atoms with van der Waals surface area (Å²) in [6.45, 7) is 5.69. The fraction of sp³-hybridized carbons (Fsp3) is 0.292. The van der Waals surface area contributed by atoms with E-state index in [1.165, 1.54) is 11.8 Å². The molecule has 2 heterocycles. The molecule has 0 bridgehead atoms. The van der Waals surface area contributed by atoms with E-state index in [-0.39, 0.29) is 11.7 Å². The molecule has 1 N–H and O–H groups in total. The van der Waals surface area contributed by atoms with Crippen LogP contribution in [-0.2, 0) is 9.53 Å². The fourth-order valence-electron chi connectivity index (χ4n) is 3.48. The molecule has 3 aromatic rings. The van der Waals surface area contributed by atoms with Crippen molar-refractivity contribution >= 4 is 39.9 Å². The lowest BCUT2D eigenvalue weighted by Gasteiger charge is -2.28. The minimum Gasteiger partial charge on any atom is -0.494 e. The summed E-state index contributed by atoms with van der Waals surface area (Å²) in [7, 11) is 0. The first kappa shape index (κ1) is 21.9. The molecule has 0 saturated carbocycles. The Hall–Kier alpha value is -3.28. The Kier molecular flexibility index (Phi) is 7.10. The van der Waals surface area contributed by atoms with Gasteiger partial charge in [0.15, 0.2) is 0 Å². The molecule has 0 radical (unpaired) electrons. The van der Waals surface area contributed by atoms with Crippen molar-refractivity contribution in [2.75, 3.05) is 48.9 Å². The number of aromatic nitrogens is 1. The van der Waals surface area contributed by atoms with Crippen LogP contribution in [0.5, 0.6) is 5.75 Å². The number of hydrogen-bond acceptors (Lipinski definition) is 7. The summed E-state index contributed by atoms with van der Waals surface area (Å²) in [6, 6.07) is 17.4. The van der Waals surface area contributed by atoms with Gasteiger partial charge in [0.1, 0.15) is 16.8 Å². The lowest BCUT2D eigenvalue weighted by atomic mass is 10.1. The predicted octanol–water partition coefficient (Wildman–Crippen LogP) is 4.07. The molecule has 32 heavy (non-hydrogen) atoms. The monoisotopic (exact) mass is 448 g/mol. The molecular weight excluding hydrogens is 424 g/mol. The summed E-state index contributed by atoms with van der Waals surface area (Å²) in [6.07, 6.45) is 0. The number of fused-ring (bicyclic) bond motifs is 1. The SMILES string of the molecule is CCOc1ccc2cc(C#N)c(SCC(=O)Nc3ccc(N4CCOCC4)cc3)nc2c1. The molecule has 0 atom stereocenters. The standard InChI is InChI=1S/C24H24N4O3S/c1-2-31-21-8-3-17-13-18(15-25)24(27-22(17)14-21)32-16-23(29)26-19-4-6-20(7-5-19)28-9-11-30-12-10-28/h3-8,13-14H,2,9-12,16H2,1H3,(H,26,29). The Morgan fingerprint density at radius 3 is 2.72 bits per heavy atom. The van der Waals surface area contributed by atoms with Crippen LogP contribution in [0.3, 0.4) is 0 Å². The normalized spacial score (nSPS) is 13.6. The smallest absolute Gasteiger partial charge is 0.234 e. The minimum absolute atomic E-state index is 0.150. The highest BCUT2D eigenvalue weighted by molar-refractivity contribution is 8.00. The number of pyridine rings is 1. The number of anilines is 2. The van der Waals surface area contributed by atoms with E-state index in [9.17, 15) is 10.1 Å². The van der Waals surface area contributed by atoms with Gasteiger partial charge in [-0.15, -0.1) is 0 Å². The highest BCUT2D eigenvalue weighted by Crippen LogP contribution is 2.27. The van der Waals surface area contributed by atoms with E-state index >= 15 is 0 Å². The number of benzene rings is 2. The highest BCUT2D eigenvalue weighted by Gasteiger charge is 2.13. The number of carbonyl (C=O) groups excluding carboxylic acids is 1. The molecule has 1 amide bonds. The Bertz CT molecular complexity index is 1140. The van der Waals surface area contributed by atoms with E-state index in [1.807, 2.05) is 49.4 Å². The first-order chi connectivity index (χ1) is 15.7. The van der Waals surface area contributed by atoms with E-state index in [1.54, 1.807) is 6.07 Å². The predicted molar refractivity (Wildman–Crippen MR) is 126 cm³/mol. The van der Waals surface area contributed by atoms with Crippen LogP contribution in [0, 0.1) is 11.3 Å². The number of nitrogens with zero attached hydrogens (tertiary/aromatic N) is 3. The van der Waals surface area contributed by atoms with Crippen LogP contribution < -0.4 is 15.0 Å². The van der Waals surface area contributed by atoms with Crippen LogP contribution in [0.2, 0.25) is 0 Å². The summed E-state index contributed by atoms with van der Waals surface area (Å²) in [5.41, 5.74) is 3.04. The zero-order chi connectivity index (χ0) is 22.3. The van der Waals surface area contributed by atoms with E-state index in [0.29, 0.717) is 17.2 Å². The average molecular weight is 449 g/mol. The lowest BCUT2D eigenvalue weighted by molar-refractivity contribution is -0.113.